The predicted molar refractivity (Wildman–Crippen MR) is 80.6 cm³/mol. The van der Waals surface area contributed by atoms with E-state index in [4.69, 9.17) is 0 Å². The molecule has 94 valence electrons. The van der Waals surface area contributed by atoms with Crippen molar-refractivity contribution in [2.75, 3.05) is 0 Å². The van der Waals surface area contributed by atoms with Crippen LogP contribution in [0.15, 0.2) is 59.2 Å². The number of hydrogen-bond donors (Lipinski definition) is 0. The first-order valence-electron chi connectivity index (χ1n) is 6.06. The van der Waals surface area contributed by atoms with Gasteiger partial charge in [0.25, 0.3) is 0 Å². The van der Waals surface area contributed by atoms with E-state index >= 15 is 0 Å². The molecule has 0 saturated carbocycles. The molecule has 0 bridgehead atoms. The van der Waals surface area contributed by atoms with E-state index in [0.29, 0.717) is 0 Å². The molecule has 0 fully saturated rings. The van der Waals surface area contributed by atoms with Gasteiger partial charge in [-0.1, -0.05) is 52.3 Å². The maximum absolute atomic E-state index is 11.1. The summed E-state index contributed by atoms with van der Waals surface area (Å²) in [6.45, 7) is 0.746. The van der Waals surface area contributed by atoms with Gasteiger partial charge in [0.05, 0.1) is 0 Å². The molecule has 3 heteroatoms. The van der Waals surface area contributed by atoms with Crippen LogP contribution in [0, 0.1) is 0 Å². The first-order chi connectivity index (χ1) is 9.29. The van der Waals surface area contributed by atoms with E-state index in [1.54, 1.807) is 0 Å². The zero-order chi connectivity index (χ0) is 13.2. The lowest BCUT2D eigenvalue weighted by Crippen LogP contribution is -1.98. The van der Waals surface area contributed by atoms with Crippen LogP contribution < -0.4 is 0 Å². The molecule has 0 amide bonds. The highest BCUT2D eigenvalue weighted by Crippen LogP contribution is 2.23. The van der Waals surface area contributed by atoms with E-state index < -0.39 is 0 Å². The number of aldehydes is 1. The number of carbonyl (C=O) groups excluding carboxylic acids is 1. The van der Waals surface area contributed by atoms with Gasteiger partial charge in [-0.15, -0.1) is 0 Å². The highest BCUT2D eigenvalue weighted by molar-refractivity contribution is 9.10. The monoisotopic (exact) mass is 313 g/mol. The van der Waals surface area contributed by atoms with Gasteiger partial charge in [-0.2, -0.15) is 0 Å². The van der Waals surface area contributed by atoms with Gasteiger partial charge in [0.1, 0.15) is 0 Å². The van der Waals surface area contributed by atoms with Crippen molar-refractivity contribution >= 4 is 33.1 Å². The number of nitrogens with zero attached hydrogens (tertiary/aromatic N) is 1. The average molecular weight is 314 g/mol. The molecule has 19 heavy (non-hydrogen) atoms. The summed E-state index contributed by atoms with van der Waals surface area (Å²) < 4.78 is 3.19. The Hall–Kier alpha value is -1.87. The number of rotatable bonds is 3. The molecule has 0 saturated heterocycles. The highest BCUT2D eigenvalue weighted by Gasteiger charge is 2.08. The molecular formula is C16H12BrNO. The van der Waals surface area contributed by atoms with Gasteiger partial charge < -0.3 is 4.57 Å². The lowest BCUT2D eigenvalue weighted by molar-refractivity contribution is 0.112. The molecule has 0 aliphatic heterocycles. The summed E-state index contributed by atoms with van der Waals surface area (Å²) in [5.74, 6) is 0. The highest BCUT2D eigenvalue weighted by atomic mass is 79.9. The maximum atomic E-state index is 11.1. The molecule has 0 N–H and O–H groups in total. The minimum absolute atomic E-state index is 0.739. The fourth-order valence-electron chi connectivity index (χ4n) is 2.31. The number of aromatic nitrogens is 1. The zero-order valence-electron chi connectivity index (χ0n) is 10.2. The first-order valence-corrected chi connectivity index (χ1v) is 6.85. The van der Waals surface area contributed by atoms with E-state index in [1.807, 2.05) is 48.7 Å². The van der Waals surface area contributed by atoms with Crippen molar-refractivity contribution in [2.24, 2.45) is 0 Å². The standard InChI is InChI=1S/C16H12BrNO/c17-15-7-3-1-5-12(15)9-18-10-13(11-19)14-6-2-4-8-16(14)18/h1-8,10-11H,9H2. The molecule has 0 aliphatic rings. The van der Waals surface area contributed by atoms with Crippen LogP contribution in [0.2, 0.25) is 0 Å². The molecule has 3 aromatic rings. The maximum Gasteiger partial charge on any atom is 0.152 e. The van der Waals surface area contributed by atoms with Gasteiger partial charge in [0.2, 0.25) is 0 Å². The predicted octanol–water partition coefficient (Wildman–Crippen LogP) is 4.26. The summed E-state index contributed by atoms with van der Waals surface area (Å²) in [6, 6.07) is 16.1. The van der Waals surface area contributed by atoms with Crippen molar-refractivity contribution in [2.45, 2.75) is 6.54 Å². The Kier molecular flexibility index (Phi) is 3.22. The second kappa shape index (κ2) is 5.02. The summed E-state index contributed by atoms with van der Waals surface area (Å²) >= 11 is 3.56. The van der Waals surface area contributed by atoms with Crippen molar-refractivity contribution in [1.29, 1.82) is 0 Å². The molecule has 3 rings (SSSR count). The van der Waals surface area contributed by atoms with Crippen molar-refractivity contribution < 1.29 is 4.79 Å². The van der Waals surface area contributed by atoms with Crippen molar-refractivity contribution in [1.82, 2.24) is 4.57 Å². The summed E-state index contributed by atoms with van der Waals surface area (Å²) in [5.41, 5.74) is 3.02. The topological polar surface area (TPSA) is 22.0 Å². The number of benzene rings is 2. The minimum atomic E-state index is 0.739. The Bertz CT molecular complexity index is 745. The van der Waals surface area contributed by atoms with Crippen molar-refractivity contribution in [3.63, 3.8) is 0 Å². The van der Waals surface area contributed by atoms with E-state index in [2.05, 4.69) is 26.6 Å². The van der Waals surface area contributed by atoms with Crippen LogP contribution in [-0.2, 0) is 6.54 Å². The second-order valence-corrected chi connectivity index (χ2v) is 5.29. The largest absolute Gasteiger partial charge is 0.342 e. The number of carbonyl (C=O) groups is 1. The van der Waals surface area contributed by atoms with Crippen LogP contribution in [0.1, 0.15) is 15.9 Å². The van der Waals surface area contributed by atoms with E-state index in [-0.39, 0.29) is 0 Å². The van der Waals surface area contributed by atoms with Gasteiger partial charge in [-0.05, 0) is 17.7 Å². The molecule has 2 aromatic carbocycles. The quantitative estimate of drug-likeness (QED) is 0.662. The molecule has 0 aliphatic carbocycles. The number of hydrogen-bond acceptors (Lipinski definition) is 1. The van der Waals surface area contributed by atoms with Crippen LogP contribution >= 0.6 is 15.9 Å². The smallest absolute Gasteiger partial charge is 0.152 e. The van der Waals surface area contributed by atoms with Gasteiger partial charge >= 0.3 is 0 Å². The van der Waals surface area contributed by atoms with Crippen molar-refractivity contribution in [3.8, 4) is 0 Å². The molecule has 0 unspecified atom stereocenters. The van der Waals surface area contributed by atoms with Gasteiger partial charge in [-0.3, -0.25) is 4.79 Å². The third kappa shape index (κ3) is 2.22. The Labute approximate surface area is 119 Å². The van der Waals surface area contributed by atoms with Crippen LogP contribution in [0.25, 0.3) is 10.9 Å². The zero-order valence-corrected chi connectivity index (χ0v) is 11.8. The molecular weight excluding hydrogens is 302 g/mol. The fraction of sp³-hybridized carbons (Fsp3) is 0.0625. The van der Waals surface area contributed by atoms with Gasteiger partial charge in [0.15, 0.2) is 6.29 Å². The molecule has 0 radical (unpaired) electrons. The summed E-state index contributed by atoms with van der Waals surface area (Å²) in [6.07, 6.45) is 2.83. The average Bonchev–Trinajstić information content (AvgIpc) is 2.80. The molecule has 0 spiro atoms. The summed E-state index contributed by atoms with van der Waals surface area (Å²) in [7, 11) is 0. The van der Waals surface area contributed by atoms with Crippen LogP contribution in [0.5, 0.6) is 0 Å². The summed E-state index contributed by atoms with van der Waals surface area (Å²) in [5, 5.41) is 1.00. The lowest BCUT2D eigenvalue weighted by Gasteiger charge is -2.07. The number of para-hydroxylation sites is 1. The van der Waals surface area contributed by atoms with Gasteiger partial charge in [-0.25, -0.2) is 0 Å². The number of halogens is 1. The van der Waals surface area contributed by atoms with Crippen LogP contribution in [-0.4, -0.2) is 10.9 Å². The Morgan fingerprint density at radius 2 is 1.79 bits per heavy atom. The van der Waals surface area contributed by atoms with Gasteiger partial charge in [0, 0.05) is 33.7 Å². The van der Waals surface area contributed by atoms with E-state index in [0.717, 1.165) is 33.8 Å². The first kappa shape index (κ1) is 12.2. The van der Waals surface area contributed by atoms with E-state index in [1.165, 1.54) is 5.56 Å². The number of fused-ring (bicyclic) bond motifs is 1. The Balaban J connectivity index is 2.11. The molecule has 0 atom stereocenters. The molecule has 2 nitrogen and oxygen atoms in total. The molecule has 1 aromatic heterocycles. The minimum Gasteiger partial charge on any atom is -0.342 e. The summed E-state index contributed by atoms with van der Waals surface area (Å²) in [4.78, 5) is 11.1. The SMILES string of the molecule is O=Cc1cn(Cc2ccccc2Br)c2ccccc12. The van der Waals surface area contributed by atoms with E-state index in [9.17, 15) is 4.79 Å². The second-order valence-electron chi connectivity index (χ2n) is 4.44. The normalized spacial score (nSPS) is 10.8. The molecule has 1 heterocycles. The Morgan fingerprint density at radius 1 is 1.05 bits per heavy atom. The third-order valence-electron chi connectivity index (χ3n) is 3.24. The van der Waals surface area contributed by atoms with Crippen LogP contribution in [0.4, 0.5) is 0 Å². The third-order valence-corrected chi connectivity index (χ3v) is 4.02. The Morgan fingerprint density at radius 3 is 2.58 bits per heavy atom. The fourth-order valence-corrected chi connectivity index (χ4v) is 2.72. The van der Waals surface area contributed by atoms with Crippen LogP contribution in [0.3, 0.4) is 0 Å². The lowest BCUT2D eigenvalue weighted by atomic mass is 10.2. The van der Waals surface area contributed by atoms with Crippen molar-refractivity contribution in [3.05, 3.63) is 70.3 Å².